The van der Waals surface area contributed by atoms with Crippen LogP contribution in [0.5, 0.6) is 5.75 Å². The van der Waals surface area contributed by atoms with Gasteiger partial charge in [-0.05, 0) is 37.6 Å². The smallest absolute Gasteiger partial charge is 0.279 e. The summed E-state index contributed by atoms with van der Waals surface area (Å²) in [6, 6.07) is 5.21. The lowest BCUT2D eigenvalue weighted by molar-refractivity contribution is -0.131. The van der Waals surface area contributed by atoms with Gasteiger partial charge in [-0.1, -0.05) is 0 Å². The van der Waals surface area contributed by atoms with Crippen LogP contribution in [0.4, 0.5) is 4.39 Å². The van der Waals surface area contributed by atoms with Gasteiger partial charge < -0.3 is 4.74 Å². The van der Waals surface area contributed by atoms with Gasteiger partial charge in [-0.25, -0.2) is 12.8 Å². The molecule has 7 nitrogen and oxygen atoms in total. The van der Waals surface area contributed by atoms with Crippen LogP contribution in [0.2, 0.25) is 0 Å². The van der Waals surface area contributed by atoms with Gasteiger partial charge in [0.2, 0.25) is 5.91 Å². The number of halogens is 1. The fourth-order valence-corrected chi connectivity index (χ4v) is 5.57. The molecule has 2 atom stereocenters. The summed E-state index contributed by atoms with van der Waals surface area (Å²) in [5.41, 5.74) is 4.49. The first kappa shape index (κ1) is 19.5. The molecule has 2 amide bonds. The summed E-state index contributed by atoms with van der Waals surface area (Å²) in [4.78, 5) is 23.6. The maximum Gasteiger partial charge on any atom is 0.279 e. The second-order valence-electron chi connectivity index (χ2n) is 5.59. The van der Waals surface area contributed by atoms with Crippen LogP contribution in [-0.4, -0.2) is 48.8 Å². The number of nitrogens with one attached hydrogen (secondary N) is 2. The first-order valence-corrected chi connectivity index (χ1v) is 10.4. The van der Waals surface area contributed by atoms with Crippen LogP contribution < -0.4 is 15.6 Å². The predicted molar refractivity (Wildman–Crippen MR) is 92.3 cm³/mol. The topological polar surface area (TPSA) is 102 Å². The number of rotatable bonds is 6. The zero-order valence-corrected chi connectivity index (χ0v) is 15.2. The number of benzene rings is 1. The molecule has 2 rings (SSSR count). The third-order valence-electron chi connectivity index (χ3n) is 3.46. The molecular formula is C15H19FN2O5S2. The van der Waals surface area contributed by atoms with E-state index in [1.54, 1.807) is 0 Å². The van der Waals surface area contributed by atoms with Gasteiger partial charge in [-0.2, -0.15) is 0 Å². The fraction of sp³-hybridized carbons (Fsp3) is 0.467. The Bertz CT molecular complexity index is 724. The molecule has 0 spiro atoms. The van der Waals surface area contributed by atoms with Crippen LogP contribution >= 0.6 is 11.8 Å². The van der Waals surface area contributed by atoms with Gasteiger partial charge in [0.1, 0.15) is 11.6 Å². The molecule has 1 aromatic rings. The van der Waals surface area contributed by atoms with Crippen molar-refractivity contribution >= 4 is 33.4 Å². The molecule has 1 aromatic carbocycles. The van der Waals surface area contributed by atoms with Crippen LogP contribution in [0.25, 0.3) is 0 Å². The highest BCUT2D eigenvalue weighted by Gasteiger charge is 2.28. The van der Waals surface area contributed by atoms with Crippen LogP contribution in [-0.2, 0) is 19.4 Å². The average Bonchev–Trinajstić information content (AvgIpc) is 2.91. The van der Waals surface area contributed by atoms with Crippen molar-refractivity contribution < 1.29 is 27.1 Å². The monoisotopic (exact) mass is 390 g/mol. The van der Waals surface area contributed by atoms with E-state index in [0.29, 0.717) is 12.2 Å². The first-order valence-electron chi connectivity index (χ1n) is 7.58. The number of carbonyl (C=O) groups is 2. The van der Waals surface area contributed by atoms with Crippen LogP contribution in [0, 0.1) is 5.82 Å². The van der Waals surface area contributed by atoms with Crippen molar-refractivity contribution in [3.63, 3.8) is 0 Å². The zero-order chi connectivity index (χ0) is 18.4. The molecular weight excluding hydrogens is 371 g/mol. The van der Waals surface area contributed by atoms with Gasteiger partial charge in [0.15, 0.2) is 15.9 Å². The number of hydrogen-bond acceptors (Lipinski definition) is 6. The zero-order valence-electron chi connectivity index (χ0n) is 13.5. The lowest BCUT2D eigenvalue weighted by atomic mass is 10.3. The minimum absolute atomic E-state index is 0.0493. The van der Waals surface area contributed by atoms with Crippen molar-refractivity contribution in [1.82, 2.24) is 10.9 Å². The molecule has 0 radical (unpaired) electrons. The number of amides is 2. The van der Waals surface area contributed by atoms with Crippen LogP contribution in [0.3, 0.4) is 0 Å². The second kappa shape index (κ2) is 8.52. The Labute approximate surface area is 149 Å². The Morgan fingerprint density at radius 2 is 2.00 bits per heavy atom. The van der Waals surface area contributed by atoms with E-state index in [0.717, 1.165) is 0 Å². The van der Waals surface area contributed by atoms with Gasteiger partial charge in [0.25, 0.3) is 5.91 Å². The van der Waals surface area contributed by atoms with Crippen molar-refractivity contribution in [1.29, 1.82) is 0 Å². The summed E-state index contributed by atoms with van der Waals surface area (Å²) < 4.78 is 40.8. The fourth-order valence-electron chi connectivity index (χ4n) is 2.13. The van der Waals surface area contributed by atoms with E-state index in [-0.39, 0.29) is 22.5 Å². The molecule has 138 valence electrons. The molecule has 1 fully saturated rings. The maximum absolute atomic E-state index is 12.8. The van der Waals surface area contributed by atoms with Crippen molar-refractivity contribution in [3.05, 3.63) is 30.1 Å². The lowest BCUT2D eigenvalue weighted by Gasteiger charge is -2.15. The molecule has 0 aromatic heterocycles. The van der Waals surface area contributed by atoms with Crippen molar-refractivity contribution in [2.24, 2.45) is 0 Å². The number of sulfone groups is 1. The highest BCUT2D eigenvalue weighted by Crippen LogP contribution is 2.23. The normalized spacial score (nSPS) is 19.8. The van der Waals surface area contributed by atoms with Gasteiger partial charge >= 0.3 is 0 Å². The standard InChI is InChI=1S/C15H19FN2O5S2/c1-10(23-12-4-2-11(16)3-5-12)15(20)18-17-14(19)8-24-13-6-7-25(21,22)9-13/h2-5,10,13H,6-9H2,1H3,(H,17,19)(H,18,20)/t10-,13+/m1/s1. The van der Waals surface area contributed by atoms with Crippen LogP contribution in [0.1, 0.15) is 13.3 Å². The molecule has 1 saturated heterocycles. The maximum atomic E-state index is 12.8. The van der Waals surface area contributed by atoms with E-state index in [4.69, 9.17) is 4.74 Å². The van der Waals surface area contributed by atoms with Gasteiger partial charge in [-0.15, -0.1) is 11.8 Å². The minimum atomic E-state index is -2.98. The highest BCUT2D eigenvalue weighted by molar-refractivity contribution is 8.02. The number of carbonyl (C=O) groups excluding carboxylic acids is 2. The Hall–Kier alpha value is -1.81. The molecule has 1 aliphatic rings. The van der Waals surface area contributed by atoms with E-state index < -0.39 is 33.6 Å². The molecule has 0 bridgehead atoms. The van der Waals surface area contributed by atoms with Gasteiger partial charge in [-0.3, -0.25) is 20.4 Å². The van der Waals surface area contributed by atoms with Gasteiger partial charge in [0.05, 0.1) is 17.3 Å². The summed E-state index contributed by atoms with van der Waals surface area (Å²) in [6.07, 6.45) is -0.353. The Balaban J connectivity index is 1.68. The first-order chi connectivity index (χ1) is 11.7. The van der Waals surface area contributed by atoms with E-state index in [1.807, 2.05) is 0 Å². The summed E-state index contributed by atoms with van der Waals surface area (Å²) in [7, 11) is -2.98. The van der Waals surface area contributed by atoms with E-state index >= 15 is 0 Å². The van der Waals surface area contributed by atoms with Crippen molar-refractivity contribution in [3.8, 4) is 5.75 Å². The summed E-state index contributed by atoms with van der Waals surface area (Å²) >= 11 is 1.25. The van der Waals surface area contributed by atoms with E-state index in [2.05, 4.69) is 10.9 Å². The molecule has 2 N–H and O–H groups in total. The van der Waals surface area contributed by atoms with E-state index in [9.17, 15) is 22.4 Å². The molecule has 1 heterocycles. The SMILES string of the molecule is C[C@@H](Oc1ccc(F)cc1)C(=O)NNC(=O)CS[C@H]1CCS(=O)(=O)C1. The summed E-state index contributed by atoms with van der Waals surface area (Å²) in [5.74, 6) is -0.796. The minimum Gasteiger partial charge on any atom is -0.481 e. The average molecular weight is 390 g/mol. The number of hydrazine groups is 1. The van der Waals surface area contributed by atoms with Crippen LogP contribution in [0.15, 0.2) is 24.3 Å². The van der Waals surface area contributed by atoms with Crippen molar-refractivity contribution in [2.75, 3.05) is 17.3 Å². The number of thioether (sulfide) groups is 1. The van der Waals surface area contributed by atoms with Crippen molar-refractivity contribution in [2.45, 2.75) is 24.7 Å². The quantitative estimate of drug-likeness (QED) is 0.692. The van der Waals surface area contributed by atoms with Gasteiger partial charge in [0, 0.05) is 5.25 Å². The molecule has 1 aliphatic heterocycles. The summed E-state index contributed by atoms with van der Waals surface area (Å²) in [6.45, 7) is 1.49. The molecule has 25 heavy (non-hydrogen) atoms. The third-order valence-corrected chi connectivity index (χ3v) is 6.74. The van der Waals surface area contributed by atoms with E-state index in [1.165, 1.54) is 43.0 Å². The highest BCUT2D eigenvalue weighted by atomic mass is 32.2. The number of hydrogen-bond donors (Lipinski definition) is 2. The Morgan fingerprint density at radius 3 is 2.60 bits per heavy atom. The summed E-state index contributed by atoms with van der Waals surface area (Å²) in [5, 5.41) is -0.0906. The molecule has 0 unspecified atom stereocenters. The Kier molecular flexibility index (Phi) is 6.65. The second-order valence-corrected chi connectivity index (χ2v) is 9.10. The Morgan fingerprint density at radius 1 is 1.32 bits per heavy atom. The number of ether oxygens (including phenoxy) is 1. The lowest BCUT2D eigenvalue weighted by Crippen LogP contribution is -2.47. The largest absolute Gasteiger partial charge is 0.481 e. The molecule has 0 saturated carbocycles. The molecule has 0 aliphatic carbocycles. The predicted octanol–water partition coefficient (Wildman–Crippen LogP) is 0.661. The molecule has 10 heteroatoms. The third kappa shape index (κ3) is 6.54.